The first kappa shape index (κ1) is 18.9. The van der Waals surface area contributed by atoms with Crippen molar-refractivity contribution in [2.24, 2.45) is 4.99 Å². The third-order valence-corrected chi connectivity index (χ3v) is 4.34. The lowest BCUT2D eigenvalue weighted by atomic mass is 10.0. The summed E-state index contributed by atoms with van der Waals surface area (Å²) in [6.07, 6.45) is 3.43. The van der Waals surface area contributed by atoms with Crippen LogP contribution in [0.5, 0.6) is 0 Å². The van der Waals surface area contributed by atoms with E-state index < -0.39 is 17.3 Å². The maximum Gasteiger partial charge on any atom is 0.153 e. The number of aryl methyl sites for hydroxylation is 1. The van der Waals surface area contributed by atoms with Gasteiger partial charge in [0.15, 0.2) is 11.6 Å². The van der Waals surface area contributed by atoms with Gasteiger partial charge in [0.1, 0.15) is 5.69 Å². The van der Waals surface area contributed by atoms with Gasteiger partial charge in [0, 0.05) is 11.1 Å². The van der Waals surface area contributed by atoms with Crippen molar-refractivity contribution in [3.63, 3.8) is 0 Å². The van der Waals surface area contributed by atoms with Crippen LogP contribution < -0.4 is 0 Å². The Labute approximate surface area is 162 Å². The molecule has 0 spiro atoms. The summed E-state index contributed by atoms with van der Waals surface area (Å²) < 4.78 is 27.7. The predicted octanol–water partition coefficient (Wildman–Crippen LogP) is 6.59. The Kier molecular flexibility index (Phi) is 6.08. The van der Waals surface area contributed by atoms with E-state index in [0.29, 0.717) is 0 Å². The fraction of sp³-hybridized carbons (Fsp3) is 0.174. The third-order valence-electron chi connectivity index (χ3n) is 4.25. The number of fused-ring (bicyclic) bond motifs is 1. The van der Waals surface area contributed by atoms with Crippen LogP contribution in [0.1, 0.15) is 36.5 Å². The third kappa shape index (κ3) is 4.65. The molecule has 3 aromatic carbocycles. The van der Waals surface area contributed by atoms with Gasteiger partial charge in [-0.15, -0.1) is 0 Å². The van der Waals surface area contributed by atoms with Crippen LogP contribution in [0.4, 0.5) is 14.5 Å². The Morgan fingerprint density at radius 2 is 1.56 bits per heavy atom. The van der Waals surface area contributed by atoms with Crippen molar-refractivity contribution in [2.45, 2.75) is 26.2 Å². The molecule has 0 unspecified atom stereocenters. The van der Waals surface area contributed by atoms with Crippen molar-refractivity contribution >= 4 is 33.8 Å². The molecule has 0 saturated carbocycles. The molecule has 0 aliphatic carbocycles. The van der Waals surface area contributed by atoms with E-state index in [4.69, 9.17) is 0 Å². The van der Waals surface area contributed by atoms with Gasteiger partial charge in [-0.25, -0.2) is 8.78 Å². The van der Waals surface area contributed by atoms with E-state index in [-0.39, 0.29) is 5.56 Å². The topological polar surface area (TPSA) is 12.4 Å². The van der Waals surface area contributed by atoms with E-state index in [9.17, 15) is 8.78 Å². The fourth-order valence-electron chi connectivity index (χ4n) is 2.84. The smallest absolute Gasteiger partial charge is 0.153 e. The summed E-state index contributed by atoms with van der Waals surface area (Å²) in [5.74, 6) is 4.13. The summed E-state index contributed by atoms with van der Waals surface area (Å²) in [6.45, 7) is 2.18. The molecule has 0 bridgehead atoms. The van der Waals surface area contributed by atoms with Crippen LogP contribution >= 0.6 is 12.2 Å². The maximum absolute atomic E-state index is 13.9. The van der Waals surface area contributed by atoms with Crippen LogP contribution in [0, 0.1) is 23.5 Å². The van der Waals surface area contributed by atoms with Gasteiger partial charge >= 0.3 is 0 Å². The number of isothiocyanates is 1. The zero-order chi connectivity index (χ0) is 19.2. The van der Waals surface area contributed by atoms with Crippen LogP contribution in [-0.4, -0.2) is 5.16 Å². The minimum atomic E-state index is -0.810. The molecule has 0 fully saturated rings. The van der Waals surface area contributed by atoms with Crippen LogP contribution in [0.25, 0.3) is 10.8 Å². The van der Waals surface area contributed by atoms with Gasteiger partial charge in [-0.2, -0.15) is 4.99 Å². The Morgan fingerprint density at radius 1 is 0.889 bits per heavy atom. The van der Waals surface area contributed by atoms with Gasteiger partial charge in [-0.1, -0.05) is 49.5 Å². The number of aliphatic imine (C=N–C) groups is 1. The Hall–Kier alpha value is -2.86. The number of unbranched alkanes of at least 4 members (excludes halogenated alkanes) is 1. The zero-order valence-electron chi connectivity index (χ0n) is 14.9. The molecule has 0 aromatic heterocycles. The normalized spacial score (nSPS) is 10.2. The monoisotopic (exact) mass is 377 g/mol. The van der Waals surface area contributed by atoms with Crippen LogP contribution in [0.15, 0.2) is 53.5 Å². The first-order valence-corrected chi connectivity index (χ1v) is 9.13. The van der Waals surface area contributed by atoms with Gasteiger partial charge < -0.3 is 0 Å². The lowest BCUT2D eigenvalue weighted by molar-refractivity contribution is 0.587. The van der Waals surface area contributed by atoms with Crippen molar-refractivity contribution in [3.05, 3.63) is 76.9 Å². The van der Waals surface area contributed by atoms with Gasteiger partial charge in [0.05, 0.1) is 5.16 Å². The lowest BCUT2D eigenvalue weighted by Gasteiger charge is -2.04. The van der Waals surface area contributed by atoms with E-state index in [1.807, 2.05) is 23.4 Å². The minimum absolute atomic E-state index is 0.239. The molecule has 3 aromatic rings. The molecule has 0 aliphatic heterocycles. The highest BCUT2D eigenvalue weighted by molar-refractivity contribution is 7.78. The molecule has 0 amide bonds. The van der Waals surface area contributed by atoms with E-state index in [2.05, 4.69) is 54.2 Å². The van der Waals surface area contributed by atoms with E-state index >= 15 is 0 Å². The van der Waals surface area contributed by atoms with Gasteiger partial charge in [0.2, 0.25) is 0 Å². The number of thiocarbonyl (C=S) groups is 1. The van der Waals surface area contributed by atoms with E-state index in [0.717, 1.165) is 34.9 Å². The van der Waals surface area contributed by atoms with E-state index in [1.54, 1.807) is 0 Å². The van der Waals surface area contributed by atoms with Crippen LogP contribution in [-0.2, 0) is 6.42 Å². The number of halogens is 2. The molecule has 0 heterocycles. The number of nitrogens with zero attached hydrogens (tertiary/aromatic N) is 1. The molecule has 0 aliphatic rings. The molecule has 1 nitrogen and oxygen atoms in total. The first-order valence-electron chi connectivity index (χ1n) is 8.72. The summed E-state index contributed by atoms with van der Waals surface area (Å²) in [7, 11) is 0. The molecule has 4 heteroatoms. The Balaban J connectivity index is 1.88. The minimum Gasteiger partial charge on any atom is -0.204 e. The second-order valence-corrected chi connectivity index (χ2v) is 6.42. The van der Waals surface area contributed by atoms with Crippen molar-refractivity contribution in [2.75, 3.05) is 0 Å². The quantitative estimate of drug-likeness (QED) is 0.284. The van der Waals surface area contributed by atoms with Crippen LogP contribution in [0.3, 0.4) is 0 Å². The molecule has 134 valence electrons. The summed E-state index contributed by atoms with van der Waals surface area (Å²) in [5, 5.41) is 4.22. The van der Waals surface area contributed by atoms with Gasteiger partial charge in [-0.3, -0.25) is 0 Å². The molecule has 0 atom stereocenters. The SMILES string of the molecule is CCCCc1ccc2cc(C#Cc3cc(F)c(N=C=S)c(F)c3)ccc2c1. The summed E-state index contributed by atoms with van der Waals surface area (Å²) in [5.41, 5.74) is 1.90. The highest BCUT2D eigenvalue weighted by Gasteiger charge is 2.09. The van der Waals surface area contributed by atoms with Crippen molar-refractivity contribution in [1.29, 1.82) is 0 Å². The molecular weight excluding hydrogens is 360 g/mol. The van der Waals surface area contributed by atoms with Gasteiger partial charge in [-0.05, 0) is 65.7 Å². The number of rotatable bonds is 4. The molecule has 0 radical (unpaired) electrons. The standard InChI is InChI=1S/C23H17F2NS/c1-2-3-4-16-7-9-20-12-17(8-10-19(20)11-16)5-6-18-13-21(24)23(26-15-27)22(25)14-18/h7-14H,2-4H2,1H3. The average molecular weight is 377 g/mol. The van der Waals surface area contributed by atoms with E-state index in [1.165, 1.54) is 18.4 Å². The molecular formula is C23H17F2NS. The van der Waals surface area contributed by atoms with Crippen molar-refractivity contribution in [1.82, 2.24) is 0 Å². The number of hydrogen-bond donors (Lipinski definition) is 0. The average Bonchev–Trinajstić information content (AvgIpc) is 2.67. The first-order chi connectivity index (χ1) is 13.1. The lowest BCUT2D eigenvalue weighted by Crippen LogP contribution is -1.87. The summed E-state index contributed by atoms with van der Waals surface area (Å²) in [6, 6.07) is 14.6. The highest BCUT2D eigenvalue weighted by Crippen LogP contribution is 2.23. The van der Waals surface area contributed by atoms with Crippen molar-refractivity contribution in [3.8, 4) is 11.8 Å². The van der Waals surface area contributed by atoms with Gasteiger partial charge in [0.25, 0.3) is 0 Å². The second kappa shape index (κ2) is 8.68. The maximum atomic E-state index is 13.9. The van der Waals surface area contributed by atoms with Crippen LogP contribution in [0.2, 0.25) is 0 Å². The largest absolute Gasteiger partial charge is 0.204 e. The summed E-state index contributed by atoms with van der Waals surface area (Å²) in [4.78, 5) is 3.39. The number of hydrogen-bond acceptors (Lipinski definition) is 2. The molecule has 3 rings (SSSR count). The molecule has 0 saturated heterocycles. The number of benzene rings is 3. The Bertz CT molecular complexity index is 1080. The molecule has 27 heavy (non-hydrogen) atoms. The fourth-order valence-corrected chi connectivity index (χ4v) is 2.94. The zero-order valence-corrected chi connectivity index (χ0v) is 15.7. The van der Waals surface area contributed by atoms with Crippen molar-refractivity contribution < 1.29 is 8.78 Å². The molecule has 0 N–H and O–H groups in total. The second-order valence-electron chi connectivity index (χ2n) is 6.24. The Morgan fingerprint density at radius 3 is 2.26 bits per heavy atom. The highest BCUT2D eigenvalue weighted by atomic mass is 32.1. The predicted molar refractivity (Wildman–Crippen MR) is 110 cm³/mol. The summed E-state index contributed by atoms with van der Waals surface area (Å²) >= 11 is 4.39.